The van der Waals surface area contributed by atoms with E-state index in [9.17, 15) is 9.59 Å². The van der Waals surface area contributed by atoms with Gasteiger partial charge in [0.1, 0.15) is 10.7 Å². The lowest BCUT2D eigenvalue weighted by atomic mass is 10.3. The zero-order valence-corrected chi connectivity index (χ0v) is 13.7. The molecule has 8 heteroatoms. The highest BCUT2D eigenvalue weighted by Gasteiger charge is 2.17. The first-order valence-electron chi connectivity index (χ1n) is 5.64. The summed E-state index contributed by atoms with van der Waals surface area (Å²) in [5, 5.41) is 13.1. The number of thiazole rings is 1. The van der Waals surface area contributed by atoms with Crippen molar-refractivity contribution < 1.29 is 14.7 Å². The number of hydrogen-bond acceptors (Lipinski definition) is 5. The maximum Gasteiger partial charge on any atom is 0.305 e. The second-order valence-corrected chi connectivity index (χ2v) is 6.72. The van der Waals surface area contributed by atoms with Gasteiger partial charge in [-0.1, -0.05) is 0 Å². The maximum absolute atomic E-state index is 12.1. The Labute approximate surface area is 132 Å². The van der Waals surface area contributed by atoms with Gasteiger partial charge in [0, 0.05) is 28.8 Å². The van der Waals surface area contributed by atoms with Gasteiger partial charge in [-0.25, -0.2) is 4.98 Å². The Hall–Kier alpha value is -1.25. The Kier molecular flexibility index (Phi) is 4.90. The van der Waals surface area contributed by atoms with Crippen LogP contribution >= 0.6 is 38.6 Å². The van der Waals surface area contributed by atoms with Gasteiger partial charge in [-0.05, 0) is 22.0 Å². The molecule has 0 spiro atoms. The van der Waals surface area contributed by atoms with E-state index in [2.05, 4.69) is 20.9 Å². The minimum atomic E-state index is -0.924. The summed E-state index contributed by atoms with van der Waals surface area (Å²) in [6.45, 7) is 0.172. The molecule has 5 nitrogen and oxygen atoms in total. The van der Waals surface area contributed by atoms with Crippen LogP contribution in [0, 0.1) is 0 Å². The van der Waals surface area contributed by atoms with Crippen molar-refractivity contribution in [1.82, 2.24) is 9.88 Å². The van der Waals surface area contributed by atoms with Crippen molar-refractivity contribution in [3.63, 3.8) is 0 Å². The first-order chi connectivity index (χ1) is 9.47. The molecule has 0 radical (unpaired) electrons. The van der Waals surface area contributed by atoms with E-state index >= 15 is 0 Å². The number of amides is 1. The quantitative estimate of drug-likeness (QED) is 0.872. The number of aliphatic carboxylic acids is 1. The molecule has 0 bridgehead atoms. The number of rotatable bonds is 5. The lowest BCUT2D eigenvalue weighted by Crippen LogP contribution is -2.29. The summed E-state index contributed by atoms with van der Waals surface area (Å²) in [6, 6.07) is 1.95. The third kappa shape index (κ3) is 3.65. The van der Waals surface area contributed by atoms with Gasteiger partial charge in [-0.2, -0.15) is 0 Å². The van der Waals surface area contributed by atoms with Gasteiger partial charge >= 0.3 is 5.97 Å². The first kappa shape index (κ1) is 15.1. The number of halogens is 1. The van der Waals surface area contributed by atoms with Crippen molar-refractivity contribution in [3.05, 3.63) is 27.0 Å². The van der Waals surface area contributed by atoms with E-state index in [0.717, 1.165) is 14.4 Å². The van der Waals surface area contributed by atoms with E-state index in [1.165, 1.54) is 16.2 Å². The van der Waals surface area contributed by atoms with Crippen LogP contribution < -0.4 is 0 Å². The summed E-state index contributed by atoms with van der Waals surface area (Å²) in [6.07, 6.45) is -0.0723. The van der Waals surface area contributed by atoms with Crippen LogP contribution in [0.4, 0.5) is 0 Å². The number of carbonyl (C=O) groups is 2. The molecule has 1 N–H and O–H groups in total. The van der Waals surface area contributed by atoms with E-state index in [1.54, 1.807) is 23.8 Å². The predicted molar refractivity (Wildman–Crippen MR) is 82.3 cm³/mol. The monoisotopic (exact) mass is 374 g/mol. The molecule has 0 aliphatic carbocycles. The van der Waals surface area contributed by atoms with Crippen LogP contribution in [0.2, 0.25) is 0 Å². The third-order valence-corrected chi connectivity index (χ3v) is 5.21. The van der Waals surface area contributed by atoms with Crippen LogP contribution in [-0.2, 0) is 4.79 Å². The maximum atomic E-state index is 12.1. The van der Waals surface area contributed by atoms with Crippen molar-refractivity contribution in [2.45, 2.75) is 6.42 Å². The summed E-state index contributed by atoms with van der Waals surface area (Å²) in [4.78, 5) is 29.3. The molecule has 20 heavy (non-hydrogen) atoms. The Morgan fingerprint density at radius 2 is 2.15 bits per heavy atom. The van der Waals surface area contributed by atoms with Crippen LogP contribution in [0.1, 0.15) is 16.9 Å². The average molecular weight is 375 g/mol. The molecule has 0 fully saturated rings. The Morgan fingerprint density at radius 1 is 1.40 bits per heavy atom. The SMILES string of the molecule is CN(CCC(=O)O)C(=O)c1csc(-c2cc(Br)cs2)n1. The zero-order chi connectivity index (χ0) is 14.7. The van der Waals surface area contributed by atoms with Gasteiger partial charge in [0.15, 0.2) is 0 Å². The normalized spacial score (nSPS) is 10.5. The number of carboxylic acids is 1. The third-order valence-electron chi connectivity index (χ3n) is 2.51. The summed E-state index contributed by atoms with van der Waals surface area (Å²) in [5.74, 6) is -1.18. The number of aromatic nitrogens is 1. The van der Waals surface area contributed by atoms with Crippen molar-refractivity contribution in [3.8, 4) is 9.88 Å². The fraction of sp³-hybridized carbons (Fsp3) is 0.250. The average Bonchev–Trinajstić information content (AvgIpc) is 3.03. The summed E-state index contributed by atoms with van der Waals surface area (Å²) in [7, 11) is 1.58. The van der Waals surface area contributed by atoms with Crippen molar-refractivity contribution in [2.75, 3.05) is 13.6 Å². The Bertz CT molecular complexity index is 638. The molecule has 0 aromatic carbocycles. The minimum absolute atomic E-state index is 0.0723. The number of carbonyl (C=O) groups excluding carboxylic acids is 1. The van der Waals surface area contributed by atoms with Crippen molar-refractivity contribution >= 4 is 50.5 Å². The smallest absolute Gasteiger partial charge is 0.305 e. The molecular weight excluding hydrogens is 364 g/mol. The fourth-order valence-corrected chi connectivity index (χ4v) is 3.77. The van der Waals surface area contributed by atoms with Gasteiger partial charge in [-0.3, -0.25) is 9.59 Å². The Balaban J connectivity index is 2.08. The summed E-state index contributed by atoms with van der Waals surface area (Å²) < 4.78 is 0.985. The fourth-order valence-electron chi connectivity index (χ4n) is 1.47. The van der Waals surface area contributed by atoms with E-state index in [1.807, 2.05) is 11.4 Å². The highest BCUT2D eigenvalue weighted by Crippen LogP contribution is 2.32. The summed E-state index contributed by atoms with van der Waals surface area (Å²) in [5.41, 5.74) is 0.349. The lowest BCUT2D eigenvalue weighted by molar-refractivity contribution is -0.137. The molecular formula is C12H11BrN2O3S2. The zero-order valence-electron chi connectivity index (χ0n) is 10.5. The number of thiophene rings is 1. The minimum Gasteiger partial charge on any atom is -0.481 e. The van der Waals surface area contributed by atoms with Gasteiger partial charge in [0.25, 0.3) is 5.91 Å². The summed E-state index contributed by atoms with van der Waals surface area (Å²) >= 11 is 6.33. The molecule has 2 aromatic rings. The topological polar surface area (TPSA) is 70.5 Å². The lowest BCUT2D eigenvalue weighted by Gasteiger charge is -2.13. The van der Waals surface area contributed by atoms with E-state index in [4.69, 9.17) is 5.11 Å². The van der Waals surface area contributed by atoms with E-state index in [0.29, 0.717) is 5.69 Å². The molecule has 0 unspecified atom stereocenters. The largest absolute Gasteiger partial charge is 0.481 e. The van der Waals surface area contributed by atoms with E-state index < -0.39 is 5.97 Å². The van der Waals surface area contributed by atoms with E-state index in [-0.39, 0.29) is 18.9 Å². The molecule has 0 aliphatic rings. The second-order valence-electron chi connectivity index (χ2n) is 4.04. The standard InChI is InChI=1S/C12H11BrN2O3S2/c1-15(3-2-10(16)17)12(18)8-6-20-11(14-8)9-4-7(13)5-19-9/h4-6H,2-3H2,1H3,(H,16,17). The van der Waals surface area contributed by atoms with Crippen molar-refractivity contribution in [2.24, 2.45) is 0 Å². The van der Waals surface area contributed by atoms with Crippen molar-refractivity contribution in [1.29, 1.82) is 0 Å². The van der Waals surface area contributed by atoms with Gasteiger partial charge < -0.3 is 10.0 Å². The van der Waals surface area contributed by atoms with Gasteiger partial charge in [-0.15, -0.1) is 22.7 Å². The molecule has 2 aromatic heterocycles. The van der Waals surface area contributed by atoms with Crippen LogP contribution in [-0.4, -0.2) is 40.5 Å². The highest BCUT2D eigenvalue weighted by molar-refractivity contribution is 9.10. The second kappa shape index (κ2) is 6.47. The number of hydrogen-bond donors (Lipinski definition) is 1. The molecule has 1 amide bonds. The van der Waals surface area contributed by atoms with Gasteiger partial charge in [0.05, 0.1) is 11.3 Å². The molecule has 0 saturated heterocycles. The van der Waals surface area contributed by atoms with Crippen LogP contribution in [0.25, 0.3) is 9.88 Å². The molecule has 2 rings (SSSR count). The number of nitrogens with zero attached hydrogens (tertiary/aromatic N) is 2. The highest BCUT2D eigenvalue weighted by atomic mass is 79.9. The van der Waals surface area contributed by atoms with Gasteiger partial charge in [0.2, 0.25) is 0 Å². The molecule has 2 heterocycles. The van der Waals surface area contributed by atoms with Crippen LogP contribution in [0.15, 0.2) is 21.3 Å². The predicted octanol–water partition coefficient (Wildman–Crippen LogP) is 3.18. The first-order valence-corrected chi connectivity index (χ1v) is 8.20. The number of carboxylic acid groups (broad SMARTS) is 1. The van der Waals surface area contributed by atoms with Crippen LogP contribution in [0.3, 0.4) is 0 Å². The Morgan fingerprint density at radius 3 is 2.75 bits per heavy atom. The molecule has 0 saturated carbocycles. The molecule has 0 atom stereocenters. The van der Waals surface area contributed by atoms with Crippen LogP contribution in [0.5, 0.6) is 0 Å². The molecule has 106 valence electrons. The molecule has 0 aliphatic heterocycles.